The van der Waals surface area contributed by atoms with Crippen molar-refractivity contribution in [3.63, 3.8) is 0 Å². The number of aliphatic hydroxyl groups is 5. The Morgan fingerprint density at radius 3 is 2.29 bits per heavy atom. The fraction of sp³-hybridized carbons (Fsp3) is 1.00. The minimum atomic E-state index is -4.77. The summed E-state index contributed by atoms with van der Waals surface area (Å²) in [6, 6.07) is 0. The zero-order chi connectivity index (χ0) is 16.2. The van der Waals surface area contributed by atoms with Crippen molar-refractivity contribution in [1.29, 1.82) is 0 Å². The zero-order valence-corrected chi connectivity index (χ0v) is 11.5. The highest BCUT2D eigenvalue weighted by Gasteiger charge is 2.44. The Hall–Kier alpha value is -0.410. The molecule has 0 bridgehead atoms. The van der Waals surface area contributed by atoms with E-state index in [0.717, 1.165) is 0 Å². The Morgan fingerprint density at radius 2 is 1.76 bits per heavy atom. The predicted molar refractivity (Wildman–Crippen MR) is 63.2 cm³/mol. The molecule has 0 spiro atoms. The van der Waals surface area contributed by atoms with Crippen molar-refractivity contribution < 1.29 is 52.2 Å². The first-order chi connectivity index (χ1) is 9.65. The van der Waals surface area contributed by atoms with Crippen LogP contribution < -0.4 is 0 Å². The molecule has 6 N–H and O–H groups in total. The largest absolute Gasteiger partial charge is 0.397 e. The van der Waals surface area contributed by atoms with Gasteiger partial charge in [0, 0.05) is 0 Å². The maximum atomic E-state index is 10.5. The second kappa shape index (κ2) is 7.73. The summed E-state index contributed by atoms with van der Waals surface area (Å²) in [5, 5.41) is 46.6. The molecule has 0 amide bonds. The standard InChI is InChI=1S/C9H18O11S/c10-1-4(11)2-18-9-8(14)7(13)6(12)5(20-9)3-19-21(15,16)17/h4-14H,1-3H2,(H,15,16,17)/t4?,5-,6-,7+,8-,9?/m1/s1. The van der Waals surface area contributed by atoms with Gasteiger partial charge in [0.25, 0.3) is 0 Å². The number of aliphatic hydroxyl groups excluding tert-OH is 5. The van der Waals surface area contributed by atoms with Gasteiger partial charge in [-0.25, -0.2) is 4.18 Å². The molecule has 1 saturated heterocycles. The molecule has 0 aromatic carbocycles. The quantitative estimate of drug-likeness (QED) is 0.249. The molecule has 0 aromatic rings. The normalized spacial score (nSPS) is 35.6. The summed E-state index contributed by atoms with van der Waals surface area (Å²) in [6.07, 6.45) is -9.26. The van der Waals surface area contributed by atoms with Crippen LogP contribution in [0.25, 0.3) is 0 Å². The molecule has 2 unspecified atom stereocenters. The van der Waals surface area contributed by atoms with Crippen LogP contribution in [0.15, 0.2) is 0 Å². The Morgan fingerprint density at radius 1 is 1.14 bits per heavy atom. The molecule has 0 radical (unpaired) electrons. The Labute approximate surface area is 120 Å². The second-order valence-corrected chi connectivity index (χ2v) is 5.49. The van der Waals surface area contributed by atoms with Gasteiger partial charge in [-0.1, -0.05) is 0 Å². The Balaban J connectivity index is 2.64. The van der Waals surface area contributed by atoms with Gasteiger partial charge in [-0.2, -0.15) is 8.42 Å². The minimum absolute atomic E-state index is 0.438. The van der Waals surface area contributed by atoms with Crippen molar-refractivity contribution in [2.75, 3.05) is 19.8 Å². The van der Waals surface area contributed by atoms with E-state index in [2.05, 4.69) is 4.18 Å². The van der Waals surface area contributed by atoms with Crippen molar-refractivity contribution in [2.24, 2.45) is 0 Å². The summed E-state index contributed by atoms with van der Waals surface area (Å²) < 4.78 is 43.3. The average molecular weight is 334 g/mol. The Kier molecular flexibility index (Phi) is 6.86. The highest BCUT2D eigenvalue weighted by Crippen LogP contribution is 2.22. The van der Waals surface area contributed by atoms with E-state index in [1.165, 1.54) is 0 Å². The molecule has 126 valence electrons. The lowest BCUT2D eigenvalue weighted by atomic mass is 9.99. The van der Waals surface area contributed by atoms with Gasteiger partial charge in [0.1, 0.15) is 30.5 Å². The lowest BCUT2D eigenvalue weighted by Gasteiger charge is -2.40. The average Bonchev–Trinajstić information content (AvgIpc) is 2.41. The first-order valence-corrected chi connectivity index (χ1v) is 7.24. The number of ether oxygens (including phenoxy) is 2. The van der Waals surface area contributed by atoms with Crippen molar-refractivity contribution >= 4 is 10.4 Å². The van der Waals surface area contributed by atoms with E-state index in [1.807, 2.05) is 0 Å². The van der Waals surface area contributed by atoms with E-state index in [-0.39, 0.29) is 0 Å². The van der Waals surface area contributed by atoms with Crippen molar-refractivity contribution in [1.82, 2.24) is 0 Å². The summed E-state index contributed by atoms with van der Waals surface area (Å²) in [6.45, 7) is -1.87. The van der Waals surface area contributed by atoms with Crippen molar-refractivity contribution in [3.8, 4) is 0 Å². The molecule has 21 heavy (non-hydrogen) atoms. The van der Waals surface area contributed by atoms with E-state index < -0.39 is 67.0 Å². The minimum Gasteiger partial charge on any atom is -0.394 e. The zero-order valence-electron chi connectivity index (χ0n) is 10.7. The molecule has 6 atom stereocenters. The summed E-state index contributed by atoms with van der Waals surface area (Å²) in [5.74, 6) is 0. The van der Waals surface area contributed by atoms with Crippen LogP contribution in [0.4, 0.5) is 0 Å². The molecule has 1 aliphatic heterocycles. The summed E-state index contributed by atoms with van der Waals surface area (Å²) in [7, 11) is -4.77. The maximum absolute atomic E-state index is 10.5. The highest BCUT2D eigenvalue weighted by atomic mass is 32.3. The van der Waals surface area contributed by atoms with Crippen LogP contribution in [0.5, 0.6) is 0 Å². The topological polar surface area (TPSA) is 183 Å². The molecule has 11 nitrogen and oxygen atoms in total. The lowest BCUT2D eigenvalue weighted by Crippen LogP contribution is -2.59. The molecule has 1 fully saturated rings. The van der Waals surface area contributed by atoms with Gasteiger partial charge in [-0.05, 0) is 0 Å². The van der Waals surface area contributed by atoms with E-state index >= 15 is 0 Å². The van der Waals surface area contributed by atoms with E-state index in [1.54, 1.807) is 0 Å². The third kappa shape index (κ3) is 5.71. The third-order valence-corrected chi connectivity index (χ3v) is 3.15. The molecular formula is C9H18O11S. The van der Waals surface area contributed by atoms with Crippen LogP contribution in [0, 0.1) is 0 Å². The summed E-state index contributed by atoms with van der Waals surface area (Å²) in [5.41, 5.74) is 0. The smallest absolute Gasteiger partial charge is 0.394 e. The SMILES string of the molecule is O=S(=O)(O)OC[C@H]1OC(OCC(O)CO)[C@H](O)[C@@H](O)[C@@H]1O. The van der Waals surface area contributed by atoms with Gasteiger partial charge < -0.3 is 35.0 Å². The summed E-state index contributed by atoms with van der Waals surface area (Å²) >= 11 is 0. The number of rotatable bonds is 7. The van der Waals surface area contributed by atoms with Crippen LogP contribution in [0.3, 0.4) is 0 Å². The van der Waals surface area contributed by atoms with Crippen LogP contribution in [0.2, 0.25) is 0 Å². The molecular weight excluding hydrogens is 316 g/mol. The molecule has 0 saturated carbocycles. The van der Waals surface area contributed by atoms with E-state index in [4.69, 9.17) is 24.2 Å². The van der Waals surface area contributed by atoms with Crippen LogP contribution >= 0.6 is 0 Å². The van der Waals surface area contributed by atoms with E-state index in [0.29, 0.717) is 0 Å². The fourth-order valence-electron chi connectivity index (χ4n) is 1.60. The molecule has 0 aromatic heterocycles. The first kappa shape index (κ1) is 18.6. The number of hydrogen-bond donors (Lipinski definition) is 6. The van der Waals surface area contributed by atoms with Gasteiger partial charge >= 0.3 is 10.4 Å². The van der Waals surface area contributed by atoms with Crippen molar-refractivity contribution in [2.45, 2.75) is 36.8 Å². The molecule has 12 heteroatoms. The molecule has 0 aliphatic carbocycles. The number of hydrogen-bond acceptors (Lipinski definition) is 10. The third-order valence-electron chi connectivity index (χ3n) is 2.71. The van der Waals surface area contributed by atoms with Crippen LogP contribution in [-0.2, 0) is 24.1 Å². The molecule has 1 heterocycles. The lowest BCUT2D eigenvalue weighted by molar-refractivity contribution is -0.303. The van der Waals surface area contributed by atoms with Crippen molar-refractivity contribution in [3.05, 3.63) is 0 Å². The van der Waals surface area contributed by atoms with E-state index in [9.17, 15) is 23.7 Å². The van der Waals surface area contributed by atoms with Gasteiger partial charge in [0.05, 0.1) is 19.8 Å². The van der Waals surface area contributed by atoms with Crippen LogP contribution in [-0.4, -0.2) is 95.1 Å². The first-order valence-electron chi connectivity index (χ1n) is 5.87. The fourth-order valence-corrected chi connectivity index (χ4v) is 1.91. The van der Waals surface area contributed by atoms with Gasteiger partial charge in [-0.3, -0.25) is 4.55 Å². The predicted octanol–water partition coefficient (Wildman–Crippen LogP) is -4.02. The van der Waals surface area contributed by atoms with Crippen LogP contribution in [0.1, 0.15) is 0 Å². The maximum Gasteiger partial charge on any atom is 0.397 e. The monoisotopic (exact) mass is 334 g/mol. The highest BCUT2D eigenvalue weighted by molar-refractivity contribution is 7.80. The Bertz CT molecular complexity index is 412. The molecule has 1 aliphatic rings. The van der Waals surface area contributed by atoms with Gasteiger partial charge in [0.2, 0.25) is 0 Å². The summed E-state index contributed by atoms with van der Waals surface area (Å²) in [4.78, 5) is 0. The molecule has 1 rings (SSSR count). The van der Waals surface area contributed by atoms with Gasteiger partial charge in [0.15, 0.2) is 6.29 Å². The van der Waals surface area contributed by atoms with Gasteiger partial charge in [-0.15, -0.1) is 0 Å². The second-order valence-electron chi connectivity index (χ2n) is 4.40.